The zero-order chi connectivity index (χ0) is 26.4. The van der Waals surface area contributed by atoms with E-state index in [2.05, 4.69) is 0 Å². The van der Waals surface area contributed by atoms with E-state index in [0.29, 0.717) is 22.6 Å². The highest BCUT2D eigenvalue weighted by atomic mass is 35.5. The molecule has 0 fully saturated rings. The molecule has 196 valence electrons. The van der Waals surface area contributed by atoms with Gasteiger partial charge in [-0.3, -0.25) is 10.2 Å². The highest BCUT2D eigenvalue weighted by molar-refractivity contribution is 5.95. The molecule has 0 bridgehead atoms. The first-order valence-electron chi connectivity index (χ1n) is 11.8. The van der Waals surface area contributed by atoms with Crippen LogP contribution in [0.1, 0.15) is 34.3 Å². The largest absolute Gasteiger partial charge is 0.493 e. The van der Waals surface area contributed by atoms with Crippen molar-refractivity contribution < 1.29 is 14.3 Å². The summed E-state index contributed by atoms with van der Waals surface area (Å²) in [6, 6.07) is 31.3. The van der Waals surface area contributed by atoms with Gasteiger partial charge in [-0.1, -0.05) is 66.7 Å². The summed E-state index contributed by atoms with van der Waals surface area (Å²) in [4.78, 5) is 15.3. The molecule has 0 radical (unpaired) electrons. The van der Waals surface area contributed by atoms with Crippen LogP contribution in [0.3, 0.4) is 0 Å². The zero-order valence-electron chi connectivity index (χ0n) is 21.2. The number of hydrogen-bond donors (Lipinski definition) is 3. The van der Waals surface area contributed by atoms with Gasteiger partial charge in [0.2, 0.25) is 5.91 Å². The average Bonchev–Trinajstić information content (AvgIpc) is 2.93. The number of carbonyl (C=O) groups excluding carboxylic acids is 1. The van der Waals surface area contributed by atoms with Crippen molar-refractivity contribution in [3.05, 3.63) is 125 Å². The summed E-state index contributed by atoms with van der Waals surface area (Å²) in [5, 5.41) is 7.80. The Labute approximate surface area is 228 Å². The van der Waals surface area contributed by atoms with Crippen LogP contribution < -0.4 is 25.8 Å². The van der Waals surface area contributed by atoms with Gasteiger partial charge in [-0.15, -0.1) is 12.4 Å². The summed E-state index contributed by atoms with van der Waals surface area (Å²) < 4.78 is 10.9. The maximum atomic E-state index is 13.3. The average molecular weight is 531 g/mol. The molecule has 0 saturated heterocycles. The normalized spacial score (nSPS) is 11.2. The summed E-state index contributed by atoms with van der Waals surface area (Å²) >= 11 is 0. The fourth-order valence-corrected chi connectivity index (χ4v) is 4.53. The van der Waals surface area contributed by atoms with Crippen LogP contribution in [0.25, 0.3) is 0 Å². The molecule has 1 atom stereocenters. The molecule has 0 aromatic heterocycles. The number of amides is 1. The Hall–Kier alpha value is -4.49. The predicted molar refractivity (Wildman–Crippen MR) is 153 cm³/mol. The number of anilines is 1. The van der Waals surface area contributed by atoms with Crippen LogP contribution in [-0.4, -0.2) is 26.0 Å². The standard InChI is InChI=1S/C30H30N4O3.ClH/c1-36-25-18-15-23(19-26(25)37-2)28(30(33)35)34(24-16-13-22(14-17-24)29(31)32)27(20-9-5-3-6-10-20)21-11-7-4-8-12-21;/h3-19,27-28H,1-2H3,(H3,31,32)(H2,33,35);1H. The van der Waals surface area contributed by atoms with Crippen LogP contribution in [0.4, 0.5) is 5.69 Å². The Morgan fingerprint density at radius 1 is 0.737 bits per heavy atom. The van der Waals surface area contributed by atoms with Crippen LogP contribution >= 0.6 is 12.4 Å². The van der Waals surface area contributed by atoms with E-state index in [4.69, 9.17) is 26.4 Å². The summed E-state index contributed by atoms with van der Waals surface area (Å²) in [6.07, 6.45) is 0. The lowest BCUT2D eigenvalue weighted by atomic mass is 9.92. The number of nitrogens with zero attached hydrogens (tertiary/aromatic N) is 1. The van der Waals surface area contributed by atoms with E-state index < -0.39 is 11.9 Å². The van der Waals surface area contributed by atoms with Crippen molar-refractivity contribution in [3.8, 4) is 11.5 Å². The van der Waals surface area contributed by atoms with Gasteiger partial charge < -0.3 is 25.8 Å². The molecule has 5 N–H and O–H groups in total. The van der Waals surface area contributed by atoms with E-state index in [1.807, 2.05) is 83.8 Å². The van der Waals surface area contributed by atoms with E-state index in [1.54, 1.807) is 38.5 Å². The van der Waals surface area contributed by atoms with Crippen LogP contribution in [-0.2, 0) is 4.79 Å². The molecule has 0 spiro atoms. The van der Waals surface area contributed by atoms with Crippen molar-refractivity contribution in [2.75, 3.05) is 19.1 Å². The molecule has 4 aromatic carbocycles. The number of nitrogens with two attached hydrogens (primary N) is 2. The lowest BCUT2D eigenvalue weighted by Gasteiger charge is -2.39. The SMILES string of the molecule is COc1ccc(C(C(N)=O)N(c2ccc(C(=N)N)cc2)C(c2ccccc2)c2ccccc2)cc1OC.Cl. The first-order chi connectivity index (χ1) is 17.9. The number of methoxy groups -OCH3 is 2. The lowest BCUT2D eigenvalue weighted by Crippen LogP contribution is -2.41. The molecule has 0 saturated carbocycles. The lowest BCUT2D eigenvalue weighted by molar-refractivity contribution is -0.119. The Bertz CT molecular complexity index is 1330. The quantitative estimate of drug-likeness (QED) is 0.192. The minimum atomic E-state index is -0.867. The number of rotatable bonds is 10. The second-order valence-electron chi connectivity index (χ2n) is 8.51. The Balaban J connectivity index is 0.00000400. The molecule has 4 aromatic rings. The highest BCUT2D eigenvalue weighted by Crippen LogP contribution is 2.41. The Morgan fingerprint density at radius 3 is 1.71 bits per heavy atom. The monoisotopic (exact) mass is 530 g/mol. The molecule has 1 amide bonds. The van der Waals surface area contributed by atoms with Crippen LogP contribution in [0.15, 0.2) is 103 Å². The minimum absolute atomic E-state index is 0. The molecular formula is C30H31ClN4O3. The van der Waals surface area contributed by atoms with Crippen LogP contribution in [0, 0.1) is 5.41 Å². The molecule has 0 aliphatic carbocycles. The third kappa shape index (κ3) is 5.90. The fraction of sp³-hybridized carbons (Fsp3) is 0.133. The number of halogens is 1. The second-order valence-corrected chi connectivity index (χ2v) is 8.51. The van der Waals surface area contributed by atoms with Gasteiger partial charge in [0.15, 0.2) is 11.5 Å². The van der Waals surface area contributed by atoms with Gasteiger partial charge >= 0.3 is 0 Å². The molecule has 0 aliphatic heterocycles. The number of amidine groups is 1. The van der Waals surface area contributed by atoms with Crippen LogP contribution in [0.5, 0.6) is 11.5 Å². The van der Waals surface area contributed by atoms with Crippen molar-refractivity contribution >= 4 is 29.8 Å². The maximum Gasteiger partial charge on any atom is 0.244 e. The molecule has 1 unspecified atom stereocenters. The van der Waals surface area contributed by atoms with Gasteiger partial charge in [0.05, 0.1) is 20.3 Å². The molecule has 7 nitrogen and oxygen atoms in total. The zero-order valence-corrected chi connectivity index (χ0v) is 22.0. The molecule has 4 rings (SSSR count). The Morgan fingerprint density at radius 2 is 1.26 bits per heavy atom. The highest BCUT2D eigenvalue weighted by Gasteiger charge is 2.34. The van der Waals surface area contributed by atoms with Crippen molar-refractivity contribution in [1.29, 1.82) is 5.41 Å². The number of primary amides is 1. The first-order valence-corrected chi connectivity index (χ1v) is 11.8. The van der Waals surface area contributed by atoms with Gasteiger partial charge in [0, 0.05) is 11.3 Å². The minimum Gasteiger partial charge on any atom is -0.493 e. The molecule has 0 heterocycles. The van der Waals surface area contributed by atoms with E-state index in [-0.39, 0.29) is 24.3 Å². The maximum absolute atomic E-state index is 13.3. The summed E-state index contributed by atoms with van der Waals surface area (Å²) in [5.74, 6) is 0.482. The molecule has 0 aliphatic rings. The van der Waals surface area contributed by atoms with Crippen molar-refractivity contribution in [2.45, 2.75) is 12.1 Å². The Kier molecular flexibility index (Phi) is 9.35. The predicted octanol–water partition coefficient (Wildman–Crippen LogP) is 5.23. The number of nitrogens with one attached hydrogen (secondary N) is 1. The smallest absolute Gasteiger partial charge is 0.244 e. The van der Waals surface area contributed by atoms with Gasteiger partial charge in [0.25, 0.3) is 0 Å². The first kappa shape index (κ1) is 28.1. The number of nitrogen functional groups attached to an aromatic ring is 1. The topological polar surface area (TPSA) is 115 Å². The van der Waals surface area contributed by atoms with E-state index in [1.165, 1.54) is 0 Å². The number of benzene rings is 4. The number of ether oxygens (including phenoxy) is 2. The second kappa shape index (κ2) is 12.7. The van der Waals surface area contributed by atoms with Gasteiger partial charge in [-0.05, 0) is 53.1 Å². The molecule has 8 heteroatoms. The van der Waals surface area contributed by atoms with E-state index in [9.17, 15) is 4.79 Å². The van der Waals surface area contributed by atoms with Crippen LogP contribution in [0.2, 0.25) is 0 Å². The van der Waals surface area contributed by atoms with Gasteiger partial charge in [0.1, 0.15) is 11.9 Å². The number of hydrogen-bond acceptors (Lipinski definition) is 5. The van der Waals surface area contributed by atoms with Gasteiger partial charge in [-0.25, -0.2) is 0 Å². The molecule has 38 heavy (non-hydrogen) atoms. The fourth-order valence-electron chi connectivity index (χ4n) is 4.53. The molecular weight excluding hydrogens is 500 g/mol. The van der Waals surface area contributed by atoms with E-state index >= 15 is 0 Å². The third-order valence-corrected chi connectivity index (χ3v) is 6.26. The number of carbonyl (C=O) groups is 1. The van der Waals surface area contributed by atoms with E-state index in [0.717, 1.165) is 16.8 Å². The summed E-state index contributed by atoms with van der Waals surface area (Å²) in [6.45, 7) is 0. The summed E-state index contributed by atoms with van der Waals surface area (Å²) in [5.41, 5.74) is 15.8. The van der Waals surface area contributed by atoms with Crippen molar-refractivity contribution in [1.82, 2.24) is 0 Å². The van der Waals surface area contributed by atoms with Crippen molar-refractivity contribution in [3.63, 3.8) is 0 Å². The third-order valence-electron chi connectivity index (χ3n) is 6.26. The summed E-state index contributed by atoms with van der Waals surface area (Å²) in [7, 11) is 3.11. The van der Waals surface area contributed by atoms with Gasteiger partial charge in [-0.2, -0.15) is 0 Å². The van der Waals surface area contributed by atoms with Crippen molar-refractivity contribution in [2.24, 2.45) is 11.5 Å².